The molecule has 0 saturated heterocycles. The van der Waals surface area contributed by atoms with E-state index in [9.17, 15) is 19.2 Å². The van der Waals surface area contributed by atoms with E-state index in [2.05, 4.69) is 10.6 Å². The van der Waals surface area contributed by atoms with Crippen molar-refractivity contribution in [1.82, 2.24) is 5.32 Å². The second-order valence-electron chi connectivity index (χ2n) is 6.10. The number of carbonyl (C=O) groups excluding carboxylic acids is 4. The topological polar surface area (TPSA) is 111 Å². The zero-order chi connectivity index (χ0) is 20.1. The van der Waals surface area contributed by atoms with Gasteiger partial charge in [-0.2, -0.15) is 0 Å². The molecule has 2 aromatic carbocycles. The van der Waals surface area contributed by atoms with Crippen molar-refractivity contribution < 1.29 is 28.7 Å². The quantitative estimate of drug-likeness (QED) is 0.762. The second kappa shape index (κ2) is 8.34. The first-order valence-corrected chi connectivity index (χ1v) is 8.54. The highest BCUT2D eigenvalue weighted by Crippen LogP contribution is 2.23. The fraction of sp³-hybridized carbons (Fsp3) is 0.200. The molecule has 8 nitrogen and oxygen atoms in total. The van der Waals surface area contributed by atoms with Crippen molar-refractivity contribution in [2.24, 2.45) is 0 Å². The van der Waals surface area contributed by atoms with Gasteiger partial charge in [-0.1, -0.05) is 0 Å². The molecule has 0 bridgehead atoms. The molecule has 0 atom stereocenters. The molecule has 0 radical (unpaired) electrons. The van der Waals surface area contributed by atoms with Crippen LogP contribution in [0.1, 0.15) is 32.7 Å². The van der Waals surface area contributed by atoms with Gasteiger partial charge >= 0.3 is 5.97 Å². The average Bonchev–Trinajstić information content (AvgIpc) is 2.71. The number of amides is 3. The van der Waals surface area contributed by atoms with E-state index < -0.39 is 24.4 Å². The summed E-state index contributed by atoms with van der Waals surface area (Å²) in [5, 5.41) is 4.87. The number of imide groups is 1. The van der Waals surface area contributed by atoms with Gasteiger partial charge < -0.3 is 14.8 Å². The monoisotopic (exact) mass is 382 g/mol. The summed E-state index contributed by atoms with van der Waals surface area (Å²) in [5.41, 5.74) is 2.03. The van der Waals surface area contributed by atoms with Crippen LogP contribution in [-0.2, 0) is 20.7 Å². The number of benzene rings is 2. The van der Waals surface area contributed by atoms with Gasteiger partial charge in [-0.05, 0) is 54.4 Å². The van der Waals surface area contributed by atoms with Gasteiger partial charge in [0.1, 0.15) is 5.75 Å². The SMILES string of the molecule is COc1ccc(C(=O)NC(=O)COC(=O)c2ccc3c(c2)CCC(=O)N3)cc1. The molecule has 0 aromatic heterocycles. The van der Waals surface area contributed by atoms with Gasteiger partial charge in [0.05, 0.1) is 12.7 Å². The lowest BCUT2D eigenvalue weighted by Crippen LogP contribution is -2.34. The van der Waals surface area contributed by atoms with E-state index >= 15 is 0 Å². The highest BCUT2D eigenvalue weighted by molar-refractivity contribution is 6.05. The number of fused-ring (bicyclic) bond motifs is 1. The van der Waals surface area contributed by atoms with E-state index in [1.807, 2.05) is 0 Å². The molecule has 2 N–H and O–H groups in total. The van der Waals surface area contributed by atoms with Crippen molar-refractivity contribution in [2.45, 2.75) is 12.8 Å². The molecule has 8 heteroatoms. The predicted octanol–water partition coefficient (Wildman–Crippen LogP) is 1.69. The molecule has 0 spiro atoms. The Bertz CT molecular complexity index is 936. The summed E-state index contributed by atoms with van der Waals surface area (Å²) < 4.78 is 9.96. The van der Waals surface area contributed by atoms with Crippen LogP contribution >= 0.6 is 0 Å². The van der Waals surface area contributed by atoms with Crippen LogP contribution in [0.4, 0.5) is 5.69 Å². The minimum absolute atomic E-state index is 0.0685. The summed E-state index contributed by atoms with van der Waals surface area (Å²) in [7, 11) is 1.51. The van der Waals surface area contributed by atoms with Crippen LogP contribution < -0.4 is 15.4 Å². The van der Waals surface area contributed by atoms with Crippen molar-refractivity contribution in [3.05, 3.63) is 59.2 Å². The average molecular weight is 382 g/mol. The number of hydrogen-bond acceptors (Lipinski definition) is 6. The maximum Gasteiger partial charge on any atom is 0.338 e. The molecule has 3 rings (SSSR count). The Morgan fingerprint density at radius 1 is 1.04 bits per heavy atom. The van der Waals surface area contributed by atoms with E-state index in [0.29, 0.717) is 24.3 Å². The van der Waals surface area contributed by atoms with Crippen molar-refractivity contribution >= 4 is 29.4 Å². The third-order valence-corrected chi connectivity index (χ3v) is 4.18. The molecule has 0 aliphatic carbocycles. The number of anilines is 1. The summed E-state index contributed by atoms with van der Waals surface area (Å²) in [5.74, 6) is -1.51. The number of rotatable bonds is 5. The number of esters is 1. The number of methoxy groups -OCH3 is 1. The minimum Gasteiger partial charge on any atom is -0.497 e. The van der Waals surface area contributed by atoms with Gasteiger partial charge in [-0.15, -0.1) is 0 Å². The van der Waals surface area contributed by atoms with Crippen LogP contribution in [-0.4, -0.2) is 37.4 Å². The van der Waals surface area contributed by atoms with Gasteiger partial charge in [0.25, 0.3) is 11.8 Å². The van der Waals surface area contributed by atoms with Crippen LogP contribution in [0, 0.1) is 0 Å². The maximum atomic E-state index is 12.1. The number of ether oxygens (including phenoxy) is 2. The van der Waals surface area contributed by atoms with E-state index in [0.717, 1.165) is 5.56 Å². The van der Waals surface area contributed by atoms with Gasteiger partial charge in [0, 0.05) is 17.7 Å². The Morgan fingerprint density at radius 2 is 1.75 bits per heavy atom. The first-order chi connectivity index (χ1) is 13.5. The van der Waals surface area contributed by atoms with E-state index in [1.54, 1.807) is 24.3 Å². The lowest BCUT2D eigenvalue weighted by atomic mass is 10.0. The standard InChI is InChI=1S/C20H18N2O6/c1-27-15-6-2-12(3-7-15)19(25)22-18(24)11-28-20(26)14-4-8-16-13(10-14)5-9-17(23)21-16/h2-4,6-8,10H,5,9,11H2,1H3,(H,21,23)(H,22,24,25). The smallest absolute Gasteiger partial charge is 0.338 e. The van der Waals surface area contributed by atoms with E-state index in [4.69, 9.17) is 9.47 Å². The van der Waals surface area contributed by atoms with E-state index in [1.165, 1.54) is 25.3 Å². The summed E-state index contributed by atoms with van der Waals surface area (Å²) in [6.07, 6.45) is 0.876. The molecule has 0 fully saturated rings. The lowest BCUT2D eigenvalue weighted by molar-refractivity contribution is -0.123. The normalized spacial score (nSPS) is 12.4. The molecule has 1 aliphatic rings. The Morgan fingerprint density at radius 3 is 2.46 bits per heavy atom. The van der Waals surface area contributed by atoms with Crippen molar-refractivity contribution in [3.63, 3.8) is 0 Å². The molecule has 3 amide bonds. The summed E-state index contributed by atoms with van der Waals surface area (Å²) in [6, 6.07) is 11.0. The van der Waals surface area contributed by atoms with Crippen LogP contribution in [0.5, 0.6) is 5.75 Å². The highest BCUT2D eigenvalue weighted by atomic mass is 16.5. The Kier molecular flexibility index (Phi) is 5.69. The minimum atomic E-state index is -0.737. The van der Waals surface area contributed by atoms with Crippen molar-refractivity contribution in [1.29, 1.82) is 0 Å². The second-order valence-corrected chi connectivity index (χ2v) is 6.10. The Labute approximate surface area is 160 Å². The molecular formula is C20H18N2O6. The van der Waals surface area contributed by atoms with Crippen LogP contribution in [0.2, 0.25) is 0 Å². The van der Waals surface area contributed by atoms with Gasteiger partial charge in [0.2, 0.25) is 5.91 Å². The largest absolute Gasteiger partial charge is 0.497 e. The third-order valence-electron chi connectivity index (χ3n) is 4.18. The third kappa shape index (κ3) is 4.53. The number of hydrogen-bond donors (Lipinski definition) is 2. The van der Waals surface area contributed by atoms with Crippen molar-refractivity contribution in [3.8, 4) is 5.75 Å². The van der Waals surface area contributed by atoms with Crippen LogP contribution in [0.3, 0.4) is 0 Å². The number of carbonyl (C=O) groups is 4. The fourth-order valence-electron chi connectivity index (χ4n) is 2.70. The number of aryl methyl sites for hydroxylation is 1. The zero-order valence-electron chi connectivity index (χ0n) is 15.1. The summed E-state index contributed by atoms with van der Waals surface area (Å²) in [4.78, 5) is 47.4. The predicted molar refractivity (Wildman–Crippen MR) is 99.1 cm³/mol. The zero-order valence-corrected chi connectivity index (χ0v) is 15.1. The molecule has 2 aromatic rings. The maximum absolute atomic E-state index is 12.1. The lowest BCUT2D eigenvalue weighted by Gasteiger charge is -2.17. The van der Waals surface area contributed by atoms with Gasteiger partial charge in [-0.3, -0.25) is 19.7 Å². The molecule has 1 aliphatic heterocycles. The fourth-order valence-corrected chi connectivity index (χ4v) is 2.70. The molecule has 0 saturated carbocycles. The van der Waals surface area contributed by atoms with Gasteiger partial charge in [-0.25, -0.2) is 4.79 Å². The van der Waals surface area contributed by atoms with Crippen LogP contribution in [0.15, 0.2) is 42.5 Å². The van der Waals surface area contributed by atoms with Gasteiger partial charge in [0.15, 0.2) is 6.61 Å². The molecular weight excluding hydrogens is 364 g/mol. The first kappa shape index (κ1) is 19.1. The number of nitrogens with one attached hydrogen (secondary N) is 2. The summed E-state index contributed by atoms with van der Waals surface area (Å²) in [6.45, 7) is -0.589. The molecule has 144 valence electrons. The van der Waals surface area contributed by atoms with Crippen LogP contribution in [0.25, 0.3) is 0 Å². The van der Waals surface area contributed by atoms with Crippen molar-refractivity contribution in [2.75, 3.05) is 19.0 Å². The van der Waals surface area contributed by atoms with E-state index in [-0.39, 0.29) is 17.0 Å². The highest BCUT2D eigenvalue weighted by Gasteiger charge is 2.18. The molecule has 28 heavy (non-hydrogen) atoms. The summed E-state index contributed by atoms with van der Waals surface area (Å²) >= 11 is 0. The Hall–Kier alpha value is -3.68. The Balaban J connectivity index is 1.53. The molecule has 0 unspecified atom stereocenters. The molecule has 1 heterocycles. The first-order valence-electron chi connectivity index (χ1n) is 8.54.